The molecule has 1 aromatic heterocycles. The number of non-ortho nitro benzene ring substituents is 1. The van der Waals surface area contributed by atoms with Gasteiger partial charge in [0, 0.05) is 23.9 Å². The number of alkyl halides is 2. The van der Waals surface area contributed by atoms with Crippen LogP contribution in [0.2, 0.25) is 0 Å². The summed E-state index contributed by atoms with van der Waals surface area (Å²) < 4.78 is 31.0. The Labute approximate surface area is 88.6 Å². The lowest BCUT2D eigenvalue weighted by Crippen LogP contribution is -2.07. The van der Waals surface area contributed by atoms with Crippen LogP contribution in [-0.2, 0) is 5.92 Å². The highest BCUT2D eigenvalue weighted by molar-refractivity contribution is 5.86. The van der Waals surface area contributed by atoms with Crippen molar-refractivity contribution in [2.24, 2.45) is 0 Å². The SMILES string of the molecule is CC(F)(F)c1cc([N+](=O)[O-])c2occc2c1. The highest BCUT2D eigenvalue weighted by atomic mass is 19.3. The van der Waals surface area contributed by atoms with E-state index in [0.717, 1.165) is 6.07 Å². The number of halogens is 2. The largest absolute Gasteiger partial charge is 0.457 e. The van der Waals surface area contributed by atoms with Crippen LogP contribution in [0, 0.1) is 10.1 Å². The lowest BCUT2D eigenvalue weighted by molar-refractivity contribution is -0.383. The third kappa shape index (κ3) is 1.62. The Bertz CT molecular complexity index is 557. The van der Waals surface area contributed by atoms with Crippen LogP contribution in [-0.4, -0.2) is 4.92 Å². The topological polar surface area (TPSA) is 56.3 Å². The van der Waals surface area contributed by atoms with Gasteiger partial charge in [-0.15, -0.1) is 0 Å². The van der Waals surface area contributed by atoms with Crippen molar-refractivity contribution in [3.8, 4) is 0 Å². The average Bonchev–Trinajstić information content (AvgIpc) is 2.61. The number of rotatable bonds is 2. The molecule has 0 bridgehead atoms. The number of furan rings is 1. The van der Waals surface area contributed by atoms with Crippen molar-refractivity contribution in [2.45, 2.75) is 12.8 Å². The van der Waals surface area contributed by atoms with Crippen LogP contribution in [0.15, 0.2) is 28.9 Å². The molecule has 16 heavy (non-hydrogen) atoms. The van der Waals surface area contributed by atoms with Crippen LogP contribution in [0.1, 0.15) is 12.5 Å². The number of nitro benzene ring substituents is 1. The smallest absolute Gasteiger partial charge is 0.312 e. The Balaban J connectivity index is 2.76. The van der Waals surface area contributed by atoms with Crippen molar-refractivity contribution >= 4 is 16.7 Å². The molecule has 0 unspecified atom stereocenters. The molecular weight excluding hydrogens is 220 g/mol. The van der Waals surface area contributed by atoms with Crippen LogP contribution < -0.4 is 0 Å². The molecule has 0 amide bonds. The van der Waals surface area contributed by atoms with Crippen molar-refractivity contribution in [3.05, 3.63) is 40.1 Å². The maximum Gasteiger partial charge on any atom is 0.312 e. The highest BCUT2D eigenvalue weighted by Crippen LogP contribution is 2.35. The second-order valence-electron chi connectivity index (χ2n) is 3.48. The van der Waals surface area contributed by atoms with E-state index in [1.165, 1.54) is 18.4 Å². The molecule has 0 aliphatic rings. The van der Waals surface area contributed by atoms with Gasteiger partial charge in [-0.1, -0.05) is 0 Å². The summed E-state index contributed by atoms with van der Waals surface area (Å²) in [6.07, 6.45) is 1.23. The van der Waals surface area contributed by atoms with Gasteiger partial charge in [0.1, 0.15) is 0 Å². The van der Waals surface area contributed by atoms with Crippen LogP contribution >= 0.6 is 0 Å². The molecule has 0 saturated heterocycles. The maximum atomic E-state index is 13.1. The van der Waals surface area contributed by atoms with E-state index in [2.05, 4.69) is 0 Å². The number of fused-ring (bicyclic) bond motifs is 1. The zero-order valence-corrected chi connectivity index (χ0v) is 8.24. The normalized spacial score (nSPS) is 11.9. The molecule has 0 atom stereocenters. The summed E-state index contributed by atoms with van der Waals surface area (Å²) in [5, 5.41) is 11.0. The Hall–Kier alpha value is -1.98. The van der Waals surface area contributed by atoms with Gasteiger partial charge in [0.2, 0.25) is 5.58 Å². The predicted molar refractivity (Wildman–Crippen MR) is 52.4 cm³/mol. The molecule has 0 fully saturated rings. The first kappa shape index (κ1) is 10.5. The van der Waals surface area contributed by atoms with Gasteiger partial charge in [-0.3, -0.25) is 10.1 Å². The van der Waals surface area contributed by atoms with Crippen molar-refractivity contribution < 1.29 is 18.1 Å². The maximum absolute atomic E-state index is 13.1. The molecule has 0 radical (unpaired) electrons. The van der Waals surface area contributed by atoms with E-state index < -0.39 is 22.1 Å². The molecule has 2 rings (SSSR count). The molecular formula is C10H7F2NO3. The summed E-state index contributed by atoms with van der Waals surface area (Å²) in [6, 6.07) is 3.44. The van der Waals surface area contributed by atoms with Gasteiger partial charge in [0.05, 0.1) is 11.2 Å². The van der Waals surface area contributed by atoms with Gasteiger partial charge < -0.3 is 4.42 Å². The highest BCUT2D eigenvalue weighted by Gasteiger charge is 2.28. The fraction of sp³-hybridized carbons (Fsp3) is 0.200. The van der Waals surface area contributed by atoms with E-state index in [9.17, 15) is 18.9 Å². The van der Waals surface area contributed by atoms with Crippen LogP contribution in [0.25, 0.3) is 11.0 Å². The number of benzene rings is 1. The third-order valence-corrected chi connectivity index (χ3v) is 2.24. The van der Waals surface area contributed by atoms with Crippen molar-refractivity contribution in [1.29, 1.82) is 0 Å². The molecule has 2 aromatic rings. The summed E-state index contributed by atoms with van der Waals surface area (Å²) in [5.41, 5.74) is -0.829. The molecule has 0 N–H and O–H groups in total. The summed E-state index contributed by atoms with van der Waals surface area (Å²) >= 11 is 0. The second kappa shape index (κ2) is 3.26. The lowest BCUT2D eigenvalue weighted by atomic mass is 10.1. The minimum absolute atomic E-state index is 0.0120. The number of nitro groups is 1. The average molecular weight is 227 g/mol. The third-order valence-electron chi connectivity index (χ3n) is 2.24. The van der Waals surface area contributed by atoms with Gasteiger partial charge in [0.15, 0.2) is 0 Å². The minimum atomic E-state index is -3.11. The van der Waals surface area contributed by atoms with Crippen LogP contribution in [0.5, 0.6) is 0 Å². The van der Waals surface area contributed by atoms with Crippen LogP contribution in [0.4, 0.5) is 14.5 Å². The quantitative estimate of drug-likeness (QED) is 0.583. The van der Waals surface area contributed by atoms with Gasteiger partial charge in [-0.25, -0.2) is 8.78 Å². The molecule has 0 aliphatic carbocycles. The van der Waals surface area contributed by atoms with E-state index in [1.54, 1.807) is 0 Å². The summed E-state index contributed by atoms with van der Waals surface area (Å²) in [7, 11) is 0. The summed E-state index contributed by atoms with van der Waals surface area (Å²) in [4.78, 5) is 9.96. The van der Waals surface area contributed by atoms with Crippen LogP contribution in [0.3, 0.4) is 0 Å². The monoisotopic (exact) mass is 227 g/mol. The molecule has 4 nitrogen and oxygen atoms in total. The molecule has 84 valence electrons. The zero-order valence-electron chi connectivity index (χ0n) is 8.24. The van der Waals surface area contributed by atoms with Crippen molar-refractivity contribution in [3.63, 3.8) is 0 Å². The Morgan fingerprint density at radius 2 is 2.12 bits per heavy atom. The van der Waals surface area contributed by atoms with E-state index in [0.29, 0.717) is 12.3 Å². The van der Waals surface area contributed by atoms with Gasteiger partial charge in [0.25, 0.3) is 5.92 Å². The standard InChI is InChI=1S/C10H7F2NO3/c1-10(11,12)7-4-6-2-3-16-9(6)8(5-7)13(14)15/h2-5H,1H3. The first-order chi connectivity index (χ1) is 7.39. The molecule has 1 heterocycles. The summed E-state index contributed by atoms with van der Waals surface area (Å²) in [5.74, 6) is -3.11. The van der Waals surface area contributed by atoms with Crippen molar-refractivity contribution in [2.75, 3.05) is 0 Å². The predicted octanol–water partition coefficient (Wildman–Crippen LogP) is 3.45. The first-order valence-corrected chi connectivity index (χ1v) is 4.43. The number of nitrogens with zero attached hydrogens (tertiary/aromatic N) is 1. The number of hydrogen-bond acceptors (Lipinski definition) is 3. The van der Waals surface area contributed by atoms with Gasteiger partial charge >= 0.3 is 5.69 Å². The Kier molecular flexibility index (Phi) is 2.15. The van der Waals surface area contributed by atoms with E-state index >= 15 is 0 Å². The molecule has 0 saturated carbocycles. The number of hydrogen-bond donors (Lipinski definition) is 0. The summed E-state index contributed by atoms with van der Waals surface area (Å²) in [6.45, 7) is 0.692. The Morgan fingerprint density at radius 3 is 2.69 bits per heavy atom. The van der Waals surface area contributed by atoms with Gasteiger partial charge in [-0.05, 0) is 12.1 Å². The van der Waals surface area contributed by atoms with Crippen molar-refractivity contribution in [1.82, 2.24) is 0 Å². The molecule has 0 aliphatic heterocycles. The molecule has 0 spiro atoms. The fourth-order valence-electron chi connectivity index (χ4n) is 1.45. The minimum Gasteiger partial charge on any atom is -0.457 e. The first-order valence-electron chi connectivity index (χ1n) is 4.43. The lowest BCUT2D eigenvalue weighted by Gasteiger charge is -2.09. The molecule has 1 aromatic carbocycles. The second-order valence-corrected chi connectivity index (χ2v) is 3.48. The van der Waals surface area contributed by atoms with E-state index in [4.69, 9.17) is 4.42 Å². The Morgan fingerprint density at radius 1 is 1.44 bits per heavy atom. The molecule has 6 heteroatoms. The fourth-order valence-corrected chi connectivity index (χ4v) is 1.45. The zero-order chi connectivity index (χ0) is 11.9. The van der Waals surface area contributed by atoms with Gasteiger partial charge in [-0.2, -0.15) is 0 Å². The van der Waals surface area contributed by atoms with E-state index in [-0.39, 0.29) is 5.58 Å². The van der Waals surface area contributed by atoms with E-state index in [1.807, 2.05) is 0 Å².